The lowest BCUT2D eigenvalue weighted by molar-refractivity contribution is 0.355. The molecule has 35 heavy (non-hydrogen) atoms. The maximum Gasteiger partial charge on any atom is 0.161 e. The molecule has 0 aliphatic carbocycles. The van der Waals surface area contributed by atoms with Crippen LogP contribution in [0.1, 0.15) is 0 Å². The fourth-order valence-corrected chi connectivity index (χ4v) is 5.23. The van der Waals surface area contributed by atoms with Gasteiger partial charge in [0.15, 0.2) is 23.0 Å². The summed E-state index contributed by atoms with van der Waals surface area (Å²) in [6.45, 7) is 0. The molecule has 0 saturated carbocycles. The molecule has 0 amide bonds. The third kappa shape index (κ3) is 3.86. The summed E-state index contributed by atoms with van der Waals surface area (Å²) >= 11 is 3.78. The first kappa shape index (κ1) is 23.1. The van der Waals surface area contributed by atoms with Gasteiger partial charge in [-0.15, -0.1) is 0 Å². The van der Waals surface area contributed by atoms with Crippen LogP contribution in [0.4, 0.5) is 0 Å². The number of hydrogen-bond donors (Lipinski definition) is 0. The minimum absolute atomic E-state index is 0.673. The van der Waals surface area contributed by atoms with Gasteiger partial charge in [-0.25, -0.2) is 0 Å². The summed E-state index contributed by atoms with van der Waals surface area (Å²) < 4.78 is 23.9. The highest BCUT2D eigenvalue weighted by molar-refractivity contribution is 9.10. The van der Waals surface area contributed by atoms with Gasteiger partial charge in [0.2, 0.25) is 0 Å². The Labute approximate surface area is 213 Å². The molecule has 0 spiro atoms. The fraction of sp³-hybridized carbons (Fsp3) is 0.133. The second kappa shape index (κ2) is 9.51. The molecular weight excluding hydrogens is 504 g/mol. The molecule has 0 N–H and O–H groups in total. The van der Waals surface area contributed by atoms with Gasteiger partial charge in [0.25, 0.3) is 0 Å². The third-order valence-corrected chi connectivity index (χ3v) is 7.02. The molecule has 0 heterocycles. The lowest BCUT2D eigenvalue weighted by atomic mass is 9.85. The Kier molecular flexibility index (Phi) is 6.27. The Morgan fingerprint density at radius 1 is 0.486 bits per heavy atom. The van der Waals surface area contributed by atoms with E-state index in [1.807, 2.05) is 18.2 Å². The average Bonchev–Trinajstić information content (AvgIpc) is 2.91. The minimum atomic E-state index is 0.673. The number of halogens is 1. The largest absolute Gasteiger partial charge is 0.493 e. The normalized spacial score (nSPS) is 11.0. The molecule has 5 aromatic rings. The number of ether oxygens (including phenoxy) is 4. The highest BCUT2D eigenvalue weighted by atomic mass is 79.9. The van der Waals surface area contributed by atoms with Gasteiger partial charge in [-0.2, -0.15) is 0 Å². The first-order valence-electron chi connectivity index (χ1n) is 11.2. The van der Waals surface area contributed by atoms with Gasteiger partial charge in [0.1, 0.15) is 0 Å². The Morgan fingerprint density at radius 2 is 0.886 bits per heavy atom. The van der Waals surface area contributed by atoms with Crippen LogP contribution in [-0.2, 0) is 0 Å². The van der Waals surface area contributed by atoms with E-state index in [1.54, 1.807) is 28.4 Å². The molecule has 0 atom stereocenters. The predicted octanol–water partition coefficient (Wildman–Crippen LogP) is 8.12. The van der Waals surface area contributed by atoms with E-state index >= 15 is 0 Å². The number of rotatable bonds is 6. The molecule has 0 aliphatic heterocycles. The van der Waals surface area contributed by atoms with Crippen molar-refractivity contribution in [2.45, 2.75) is 0 Å². The van der Waals surface area contributed by atoms with E-state index in [0.29, 0.717) is 23.0 Å². The molecular formula is C30H25BrO4. The van der Waals surface area contributed by atoms with E-state index in [4.69, 9.17) is 18.9 Å². The molecule has 0 saturated heterocycles. The van der Waals surface area contributed by atoms with Gasteiger partial charge in [-0.3, -0.25) is 0 Å². The summed E-state index contributed by atoms with van der Waals surface area (Å²) in [4.78, 5) is 0. The van der Waals surface area contributed by atoms with Crippen molar-refractivity contribution in [3.8, 4) is 45.3 Å². The van der Waals surface area contributed by atoms with Gasteiger partial charge in [0.05, 0.1) is 28.4 Å². The first-order chi connectivity index (χ1) is 17.1. The Hall–Kier alpha value is -3.70. The van der Waals surface area contributed by atoms with Crippen LogP contribution >= 0.6 is 15.9 Å². The molecule has 5 heteroatoms. The monoisotopic (exact) mass is 528 g/mol. The topological polar surface area (TPSA) is 36.9 Å². The quantitative estimate of drug-likeness (QED) is 0.208. The van der Waals surface area contributed by atoms with Crippen molar-refractivity contribution >= 4 is 37.5 Å². The van der Waals surface area contributed by atoms with E-state index in [-0.39, 0.29) is 0 Å². The fourth-order valence-electron chi connectivity index (χ4n) is 4.75. The highest BCUT2D eigenvalue weighted by Crippen LogP contribution is 2.50. The van der Waals surface area contributed by atoms with E-state index in [0.717, 1.165) is 48.3 Å². The molecule has 0 radical (unpaired) electrons. The van der Waals surface area contributed by atoms with Crippen LogP contribution in [0.5, 0.6) is 23.0 Å². The minimum Gasteiger partial charge on any atom is -0.493 e. The zero-order valence-corrected chi connectivity index (χ0v) is 21.6. The second-order valence-electron chi connectivity index (χ2n) is 8.10. The first-order valence-corrected chi connectivity index (χ1v) is 12.0. The zero-order valence-electron chi connectivity index (χ0n) is 20.0. The summed E-state index contributed by atoms with van der Waals surface area (Å²) in [5.74, 6) is 2.70. The van der Waals surface area contributed by atoms with Gasteiger partial charge < -0.3 is 18.9 Å². The summed E-state index contributed by atoms with van der Waals surface area (Å²) in [5, 5.41) is 4.21. The van der Waals surface area contributed by atoms with Crippen molar-refractivity contribution < 1.29 is 18.9 Å². The van der Waals surface area contributed by atoms with Gasteiger partial charge in [-0.05, 0) is 74.1 Å². The van der Waals surface area contributed by atoms with Crippen molar-refractivity contribution in [1.29, 1.82) is 0 Å². The Bertz CT molecular complexity index is 1470. The van der Waals surface area contributed by atoms with Crippen molar-refractivity contribution in [1.82, 2.24) is 0 Å². The molecule has 0 bridgehead atoms. The zero-order chi connectivity index (χ0) is 24.5. The smallest absolute Gasteiger partial charge is 0.161 e. The number of hydrogen-bond acceptors (Lipinski definition) is 4. The van der Waals surface area contributed by atoms with Crippen LogP contribution in [0.2, 0.25) is 0 Å². The average molecular weight is 529 g/mol. The van der Waals surface area contributed by atoms with Crippen LogP contribution in [0.15, 0.2) is 83.3 Å². The van der Waals surface area contributed by atoms with Crippen LogP contribution in [0.3, 0.4) is 0 Å². The molecule has 0 aromatic heterocycles. The standard InChI is InChI=1S/C30H25BrO4/c1-32-25-14-20-22(16-27(25)34-3)30(19-12-8-9-13-24(19)31)23-17-28(35-4)26(33-2)15-21(23)29(20)18-10-6-5-7-11-18/h5-17H,1-4H3. The second-order valence-corrected chi connectivity index (χ2v) is 8.96. The summed E-state index contributed by atoms with van der Waals surface area (Å²) in [6, 6.07) is 26.9. The molecule has 176 valence electrons. The van der Waals surface area contributed by atoms with Crippen LogP contribution in [-0.4, -0.2) is 28.4 Å². The number of fused-ring (bicyclic) bond motifs is 2. The van der Waals surface area contributed by atoms with Crippen molar-refractivity contribution in [2.75, 3.05) is 28.4 Å². The molecule has 0 fully saturated rings. The van der Waals surface area contributed by atoms with Crippen molar-refractivity contribution in [3.63, 3.8) is 0 Å². The van der Waals surface area contributed by atoms with Crippen molar-refractivity contribution in [2.24, 2.45) is 0 Å². The molecule has 4 nitrogen and oxygen atoms in total. The lowest BCUT2D eigenvalue weighted by Gasteiger charge is -2.21. The highest BCUT2D eigenvalue weighted by Gasteiger charge is 2.22. The predicted molar refractivity (Wildman–Crippen MR) is 146 cm³/mol. The third-order valence-electron chi connectivity index (χ3n) is 6.33. The number of methoxy groups -OCH3 is 4. The number of benzene rings is 5. The summed E-state index contributed by atoms with van der Waals surface area (Å²) in [7, 11) is 6.65. The summed E-state index contributed by atoms with van der Waals surface area (Å²) in [5.41, 5.74) is 4.33. The molecule has 5 rings (SSSR count). The van der Waals surface area contributed by atoms with Crippen molar-refractivity contribution in [3.05, 3.63) is 83.3 Å². The SMILES string of the molecule is COc1cc2c(-c3ccccc3)c3cc(OC)c(OC)cc3c(-c3ccccc3Br)c2cc1OC. The maximum atomic E-state index is 5.72. The summed E-state index contributed by atoms with van der Waals surface area (Å²) in [6.07, 6.45) is 0. The molecule has 5 aromatic carbocycles. The van der Waals surface area contributed by atoms with E-state index in [9.17, 15) is 0 Å². The Morgan fingerprint density at radius 3 is 1.31 bits per heavy atom. The van der Waals surface area contributed by atoms with Gasteiger partial charge in [0, 0.05) is 4.47 Å². The van der Waals surface area contributed by atoms with Crippen LogP contribution in [0.25, 0.3) is 43.8 Å². The molecule has 0 aliphatic rings. The maximum absolute atomic E-state index is 5.72. The van der Waals surface area contributed by atoms with Crippen LogP contribution in [0, 0.1) is 0 Å². The van der Waals surface area contributed by atoms with Crippen LogP contribution < -0.4 is 18.9 Å². The Balaban J connectivity index is 2.10. The lowest BCUT2D eigenvalue weighted by Crippen LogP contribution is -1.97. The van der Waals surface area contributed by atoms with E-state index in [1.165, 1.54) is 0 Å². The van der Waals surface area contributed by atoms with E-state index in [2.05, 4.69) is 76.6 Å². The van der Waals surface area contributed by atoms with Gasteiger partial charge >= 0.3 is 0 Å². The van der Waals surface area contributed by atoms with Gasteiger partial charge in [-0.1, -0.05) is 64.5 Å². The van der Waals surface area contributed by atoms with E-state index < -0.39 is 0 Å². The molecule has 0 unspecified atom stereocenters.